The van der Waals surface area contributed by atoms with Crippen LogP contribution in [0.2, 0.25) is 0 Å². The molecule has 3 rings (SSSR count). The average molecular weight is 431 g/mol. The number of anilines is 1. The zero-order chi connectivity index (χ0) is 20.8. The van der Waals surface area contributed by atoms with Gasteiger partial charge in [-0.25, -0.2) is 0 Å². The first-order chi connectivity index (χ1) is 12.9. The summed E-state index contributed by atoms with van der Waals surface area (Å²) in [5, 5.41) is -1.11. The van der Waals surface area contributed by atoms with E-state index in [0.29, 0.717) is 5.56 Å². The Balaban J connectivity index is 2.00. The highest BCUT2D eigenvalue weighted by atomic mass is 31.2. The topological polar surface area (TPSA) is 74.3 Å². The highest BCUT2D eigenvalue weighted by Gasteiger charge is 2.56. The Hall–Kier alpha value is -0.680. The second-order valence-corrected chi connectivity index (χ2v) is 14.0. The van der Waals surface area contributed by atoms with E-state index < -0.39 is 20.6 Å². The molecule has 158 valence electrons. The van der Waals surface area contributed by atoms with Crippen LogP contribution in [0.4, 0.5) is 5.69 Å². The molecule has 9 heteroatoms. The van der Waals surface area contributed by atoms with Crippen LogP contribution in [0.25, 0.3) is 0 Å². The van der Waals surface area contributed by atoms with Crippen molar-refractivity contribution < 1.29 is 27.2 Å². The third-order valence-corrected chi connectivity index (χ3v) is 10.3. The van der Waals surface area contributed by atoms with E-state index in [1.807, 2.05) is 58.8 Å². The number of hydrogen-bond donors (Lipinski definition) is 0. The fourth-order valence-corrected chi connectivity index (χ4v) is 9.07. The van der Waals surface area contributed by atoms with Crippen LogP contribution in [0, 0.1) is 10.8 Å². The summed E-state index contributed by atoms with van der Waals surface area (Å²) in [7, 11) is -3.67. The van der Waals surface area contributed by atoms with E-state index in [1.165, 1.54) is 0 Å². The first-order valence-electron chi connectivity index (χ1n) is 9.41. The molecular formula is C19H31NO6P2. The van der Waals surface area contributed by atoms with Gasteiger partial charge in [0.15, 0.2) is 5.40 Å². The van der Waals surface area contributed by atoms with Gasteiger partial charge in [0.05, 0.1) is 26.4 Å². The van der Waals surface area contributed by atoms with E-state index in [4.69, 9.17) is 18.1 Å². The highest BCUT2D eigenvalue weighted by Crippen LogP contribution is 2.80. The first kappa shape index (κ1) is 22.0. The molecule has 0 radical (unpaired) electrons. The van der Waals surface area contributed by atoms with Crippen molar-refractivity contribution in [1.29, 1.82) is 0 Å². The smallest absolute Gasteiger partial charge is 0.350 e. The SMILES string of the molecule is CN(C)c1ccc(C(P2(=O)OCC(C)(C)CO2)P2(=O)OCC(C)(C)CO2)cc1. The maximum Gasteiger partial charge on any atom is 0.350 e. The molecule has 0 aromatic heterocycles. The molecule has 1 aromatic rings. The number of nitrogens with zero attached hydrogens (tertiary/aromatic N) is 1. The van der Waals surface area contributed by atoms with Gasteiger partial charge in [-0.1, -0.05) is 39.8 Å². The van der Waals surface area contributed by atoms with Gasteiger partial charge in [0.25, 0.3) is 0 Å². The molecule has 2 heterocycles. The van der Waals surface area contributed by atoms with Gasteiger partial charge in [-0.15, -0.1) is 0 Å². The molecule has 0 amide bonds. The van der Waals surface area contributed by atoms with Gasteiger partial charge in [-0.3, -0.25) is 9.13 Å². The van der Waals surface area contributed by atoms with Gasteiger partial charge < -0.3 is 23.0 Å². The third-order valence-electron chi connectivity index (χ3n) is 4.85. The van der Waals surface area contributed by atoms with Gasteiger partial charge in [0, 0.05) is 30.6 Å². The minimum absolute atomic E-state index is 0.252. The predicted octanol–water partition coefficient (Wildman–Crippen LogP) is 5.28. The minimum Gasteiger partial charge on any atom is -0.378 e. The fraction of sp³-hybridized carbons (Fsp3) is 0.684. The van der Waals surface area contributed by atoms with Crippen LogP contribution < -0.4 is 4.90 Å². The molecule has 0 aliphatic carbocycles. The normalized spacial score (nSPS) is 25.4. The number of benzene rings is 1. The molecule has 0 unspecified atom stereocenters. The standard InChI is InChI=1S/C19H31NO6P2/c1-18(2)11-23-27(21,24-12-18)17(15-7-9-16(10-8-15)20(5)6)28(22)25-13-19(3,4)14-26-28/h7-10,17H,11-14H2,1-6H3. The van der Waals surface area contributed by atoms with Crippen LogP contribution in [0.15, 0.2) is 24.3 Å². The fourth-order valence-electron chi connectivity index (χ4n) is 2.98. The van der Waals surface area contributed by atoms with Gasteiger partial charge >= 0.3 is 15.2 Å². The summed E-state index contributed by atoms with van der Waals surface area (Å²) in [6.45, 7) is 8.88. The quantitative estimate of drug-likeness (QED) is 0.600. The summed E-state index contributed by atoms with van der Waals surface area (Å²) >= 11 is 0. The third kappa shape index (κ3) is 4.56. The van der Waals surface area contributed by atoms with Crippen LogP contribution >= 0.6 is 15.2 Å². The Morgan fingerprint density at radius 3 is 1.46 bits per heavy atom. The lowest BCUT2D eigenvalue weighted by Gasteiger charge is -2.42. The Bertz CT molecular complexity index is 735. The summed E-state index contributed by atoms with van der Waals surface area (Å²) in [5.74, 6) is 0. The summed E-state index contributed by atoms with van der Waals surface area (Å²) in [6, 6.07) is 7.33. The van der Waals surface area contributed by atoms with E-state index in [0.717, 1.165) is 5.69 Å². The van der Waals surface area contributed by atoms with E-state index in [1.54, 1.807) is 12.1 Å². The lowest BCUT2D eigenvalue weighted by atomic mass is 9.97. The van der Waals surface area contributed by atoms with Gasteiger partial charge in [0.2, 0.25) is 0 Å². The lowest BCUT2D eigenvalue weighted by molar-refractivity contribution is 0.0274. The maximum atomic E-state index is 13.7. The van der Waals surface area contributed by atoms with E-state index in [9.17, 15) is 9.13 Å². The van der Waals surface area contributed by atoms with Crippen LogP contribution in [0.3, 0.4) is 0 Å². The van der Waals surface area contributed by atoms with Crippen molar-refractivity contribution >= 4 is 20.9 Å². The van der Waals surface area contributed by atoms with Gasteiger partial charge in [-0.2, -0.15) is 0 Å². The number of rotatable bonds is 4. The Labute approximate surface area is 167 Å². The Morgan fingerprint density at radius 2 is 1.14 bits per heavy atom. The molecule has 0 atom stereocenters. The predicted molar refractivity (Wildman–Crippen MR) is 110 cm³/mol. The van der Waals surface area contributed by atoms with E-state index >= 15 is 0 Å². The molecule has 2 saturated heterocycles. The van der Waals surface area contributed by atoms with Crippen LogP contribution in [-0.4, -0.2) is 40.5 Å². The first-order valence-corrected chi connectivity index (χ1v) is 12.6. The van der Waals surface area contributed by atoms with Crippen molar-refractivity contribution in [3.63, 3.8) is 0 Å². The molecule has 0 bridgehead atoms. The van der Waals surface area contributed by atoms with Gasteiger partial charge in [0.1, 0.15) is 0 Å². The lowest BCUT2D eigenvalue weighted by Crippen LogP contribution is -2.33. The van der Waals surface area contributed by atoms with Crippen molar-refractivity contribution in [3.8, 4) is 0 Å². The van der Waals surface area contributed by atoms with Crippen molar-refractivity contribution in [2.75, 3.05) is 45.4 Å². The van der Waals surface area contributed by atoms with Gasteiger partial charge in [-0.05, 0) is 17.7 Å². The molecule has 7 nitrogen and oxygen atoms in total. The molecular weight excluding hydrogens is 400 g/mol. The van der Waals surface area contributed by atoms with Crippen LogP contribution in [-0.2, 0) is 27.2 Å². The Kier molecular flexibility index (Phi) is 5.93. The van der Waals surface area contributed by atoms with Crippen LogP contribution in [0.5, 0.6) is 0 Å². The molecule has 2 aliphatic rings. The summed E-state index contributed by atoms with van der Waals surface area (Å²) in [4.78, 5) is 1.95. The molecule has 2 fully saturated rings. The zero-order valence-electron chi connectivity index (χ0n) is 17.5. The van der Waals surface area contributed by atoms with Crippen molar-refractivity contribution in [2.24, 2.45) is 10.8 Å². The van der Waals surface area contributed by atoms with Crippen LogP contribution in [0.1, 0.15) is 38.7 Å². The van der Waals surface area contributed by atoms with E-state index in [2.05, 4.69) is 0 Å². The van der Waals surface area contributed by atoms with Crippen molar-refractivity contribution in [1.82, 2.24) is 0 Å². The molecule has 1 aromatic carbocycles. The summed E-state index contributed by atoms with van der Waals surface area (Å²) in [5.41, 5.74) is 1.00. The molecule has 0 saturated carbocycles. The number of hydrogen-bond acceptors (Lipinski definition) is 7. The highest BCUT2D eigenvalue weighted by molar-refractivity contribution is 7.72. The molecule has 0 spiro atoms. The Morgan fingerprint density at radius 1 is 0.786 bits per heavy atom. The largest absolute Gasteiger partial charge is 0.378 e. The molecule has 2 aliphatic heterocycles. The maximum absolute atomic E-state index is 13.7. The minimum atomic E-state index is -3.77. The molecule has 28 heavy (non-hydrogen) atoms. The summed E-state index contributed by atoms with van der Waals surface area (Å²) in [6.07, 6.45) is 0. The second-order valence-electron chi connectivity index (χ2n) is 9.36. The van der Waals surface area contributed by atoms with Crippen molar-refractivity contribution in [3.05, 3.63) is 29.8 Å². The molecule has 0 N–H and O–H groups in total. The summed E-state index contributed by atoms with van der Waals surface area (Å²) < 4.78 is 50.4. The van der Waals surface area contributed by atoms with Crippen molar-refractivity contribution in [2.45, 2.75) is 33.1 Å². The second kappa shape index (κ2) is 7.54. The monoisotopic (exact) mass is 431 g/mol. The van der Waals surface area contributed by atoms with E-state index in [-0.39, 0.29) is 37.3 Å². The zero-order valence-corrected chi connectivity index (χ0v) is 19.3. The average Bonchev–Trinajstić information content (AvgIpc) is 2.62.